The number of anilines is 1. The van der Waals surface area contributed by atoms with Gasteiger partial charge >= 0.3 is 0 Å². The van der Waals surface area contributed by atoms with E-state index in [4.69, 9.17) is 10.2 Å². The molecular weight excluding hydrogens is 244 g/mol. The highest BCUT2D eigenvalue weighted by Crippen LogP contribution is 2.30. The fraction of sp³-hybridized carbons (Fsp3) is 0.0714. The molecular formula is C14H12N2OS. The first-order valence-electron chi connectivity index (χ1n) is 5.60. The van der Waals surface area contributed by atoms with Crippen LogP contribution in [0.25, 0.3) is 22.6 Å². The summed E-state index contributed by atoms with van der Waals surface area (Å²) in [6, 6.07) is 11.5. The van der Waals surface area contributed by atoms with Crippen molar-refractivity contribution in [1.82, 2.24) is 4.98 Å². The number of benzene rings is 2. The number of oxazole rings is 1. The van der Waals surface area contributed by atoms with Gasteiger partial charge in [0, 0.05) is 16.1 Å². The number of aromatic nitrogens is 1. The van der Waals surface area contributed by atoms with E-state index >= 15 is 0 Å². The Hall–Kier alpha value is -1.94. The van der Waals surface area contributed by atoms with Gasteiger partial charge in [-0.1, -0.05) is 12.1 Å². The topological polar surface area (TPSA) is 52.0 Å². The van der Waals surface area contributed by atoms with Crippen molar-refractivity contribution >= 4 is 29.4 Å². The second-order valence-corrected chi connectivity index (χ2v) is 4.69. The van der Waals surface area contributed by atoms with Crippen LogP contribution in [0.5, 0.6) is 0 Å². The molecule has 0 amide bonds. The number of fused-ring (bicyclic) bond motifs is 1. The first-order valence-corrected chi connectivity index (χ1v) is 6.05. The average molecular weight is 256 g/mol. The summed E-state index contributed by atoms with van der Waals surface area (Å²) < 4.78 is 5.72. The van der Waals surface area contributed by atoms with Crippen LogP contribution in [0.15, 0.2) is 45.7 Å². The van der Waals surface area contributed by atoms with Crippen molar-refractivity contribution in [2.45, 2.75) is 11.8 Å². The lowest BCUT2D eigenvalue weighted by molar-refractivity contribution is 0.619. The lowest BCUT2D eigenvalue weighted by atomic mass is 10.1. The highest BCUT2D eigenvalue weighted by atomic mass is 32.1. The third-order valence-corrected chi connectivity index (χ3v) is 3.28. The normalized spacial score (nSPS) is 11.0. The Morgan fingerprint density at radius 2 is 2.00 bits per heavy atom. The molecule has 0 spiro atoms. The fourth-order valence-corrected chi connectivity index (χ4v) is 2.21. The number of thiol groups is 1. The van der Waals surface area contributed by atoms with E-state index in [0.717, 1.165) is 27.1 Å². The van der Waals surface area contributed by atoms with E-state index in [1.54, 1.807) is 0 Å². The molecule has 0 atom stereocenters. The number of aryl methyl sites for hydroxylation is 1. The largest absolute Gasteiger partial charge is 0.436 e. The van der Waals surface area contributed by atoms with Gasteiger partial charge in [0.25, 0.3) is 0 Å². The first kappa shape index (κ1) is 11.2. The molecule has 1 aromatic heterocycles. The van der Waals surface area contributed by atoms with Crippen molar-refractivity contribution in [3.05, 3.63) is 42.0 Å². The van der Waals surface area contributed by atoms with Crippen LogP contribution < -0.4 is 5.73 Å². The first-order chi connectivity index (χ1) is 8.65. The zero-order valence-electron chi connectivity index (χ0n) is 9.84. The molecule has 1 heterocycles. The number of nitrogen functional groups attached to an aromatic ring is 1. The van der Waals surface area contributed by atoms with Gasteiger partial charge in [0.1, 0.15) is 5.52 Å². The van der Waals surface area contributed by atoms with Gasteiger partial charge in [-0.2, -0.15) is 0 Å². The molecule has 0 aliphatic rings. The highest BCUT2D eigenvalue weighted by Gasteiger charge is 2.10. The second-order valence-electron chi connectivity index (χ2n) is 4.21. The summed E-state index contributed by atoms with van der Waals surface area (Å²) in [5.74, 6) is 0.592. The van der Waals surface area contributed by atoms with Crippen LogP contribution in [0.2, 0.25) is 0 Å². The molecule has 0 saturated heterocycles. The highest BCUT2D eigenvalue weighted by molar-refractivity contribution is 7.80. The molecule has 0 radical (unpaired) electrons. The minimum atomic E-state index is 0.592. The maximum absolute atomic E-state index is 5.88. The summed E-state index contributed by atoms with van der Waals surface area (Å²) in [7, 11) is 0. The monoisotopic (exact) mass is 256 g/mol. The van der Waals surface area contributed by atoms with Crippen LogP contribution in [0.4, 0.5) is 5.69 Å². The van der Waals surface area contributed by atoms with Gasteiger partial charge in [0.05, 0.1) is 0 Å². The van der Waals surface area contributed by atoms with Gasteiger partial charge in [-0.15, -0.1) is 12.6 Å². The third-order valence-electron chi connectivity index (χ3n) is 2.91. The Balaban J connectivity index is 2.20. The quantitative estimate of drug-likeness (QED) is 0.516. The van der Waals surface area contributed by atoms with E-state index in [1.165, 1.54) is 0 Å². The van der Waals surface area contributed by atoms with Crippen LogP contribution >= 0.6 is 12.6 Å². The summed E-state index contributed by atoms with van der Waals surface area (Å²) in [6.45, 7) is 1.95. The Morgan fingerprint density at radius 3 is 2.72 bits per heavy atom. The minimum Gasteiger partial charge on any atom is -0.436 e. The predicted molar refractivity (Wildman–Crippen MR) is 75.8 cm³/mol. The SMILES string of the molecule is Cc1cc(-c2nc3ccccc3o2)cc(S)c1N. The van der Waals surface area contributed by atoms with E-state index < -0.39 is 0 Å². The van der Waals surface area contributed by atoms with Gasteiger partial charge in [-0.3, -0.25) is 0 Å². The maximum atomic E-state index is 5.88. The molecule has 0 unspecified atom stereocenters. The van der Waals surface area contributed by atoms with Crippen LogP contribution in [0.1, 0.15) is 5.56 Å². The number of rotatable bonds is 1. The number of para-hydroxylation sites is 2. The van der Waals surface area contributed by atoms with Crippen molar-refractivity contribution in [1.29, 1.82) is 0 Å². The fourth-order valence-electron chi connectivity index (χ4n) is 1.90. The van der Waals surface area contributed by atoms with Crippen LogP contribution in [-0.2, 0) is 0 Å². The standard InChI is InChI=1S/C14H12N2OS/c1-8-6-9(7-12(18)13(8)15)14-16-10-4-2-3-5-11(10)17-14/h2-7,18H,15H2,1H3. The van der Waals surface area contributed by atoms with Crippen molar-refractivity contribution in [3.63, 3.8) is 0 Å². The molecule has 4 heteroatoms. The molecule has 0 aliphatic heterocycles. The maximum Gasteiger partial charge on any atom is 0.227 e. The molecule has 3 aromatic rings. The Bertz CT molecular complexity index is 677. The van der Waals surface area contributed by atoms with Crippen LogP contribution in [0.3, 0.4) is 0 Å². The summed E-state index contributed by atoms with van der Waals surface area (Å²) in [4.78, 5) is 5.20. The van der Waals surface area contributed by atoms with Crippen molar-refractivity contribution in [2.75, 3.05) is 5.73 Å². The number of nitrogens with two attached hydrogens (primary N) is 1. The van der Waals surface area contributed by atoms with Gasteiger partial charge in [-0.25, -0.2) is 4.98 Å². The molecule has 90 valence electrons. The van der Waals surface area contributed by atoms with Crippen LogP contribution in [-0.4, -0.2) is 4.98 Å². The number of nitrogens with zero attached hydrogens (tertiary/aromatic N) is 1. The molecule has 0 aliphatic carbocycles. The Kier molecular flexibility index (Phi) is 2.52. The molecule has 2 aromatic carbocycles. The van der Waals surface area contributed by atoms with Gasteiger partial charge in [0.2, 0.25) is 5.89 Å². The lowest BCUT2D eigenvalue weighted by Crippen LogP contribution is -1.92. The summed E-state index contributed by atoms with van der Waals surface area (Å²) in [5, 5.41) is 0. The van der Waals surface area contributed by atoms with E-state index in [9.17, 15) is 0 Å². The van der Waals surface area contributed by atoms with Crippen LogP contribution in [0, 0.1) is 6.92 Å². The summed E-state index contributed by atoms with van der Waals surface area (Å²) >= 11 is 4.36. The lowest BCUT2D eigenvalue weighted by Gasteiger charge is -2.05. The third kappa shape index (κ3) is 1.75. The zero-order chi connectivity index (χ0) is 12.7. The summed E-state index contributed by atoms with van der Waals surface area (Å²) in [6.07, 6.45) is 0. The van der Waals surface area contributed by atoms with Crippen molar-refractivity contribution in [3.8, 4) is 11.5 Å². The molecule has 0 fully saturated rings. The minimum absolute atomic E-state index is 0.592. The summed E-state index contributed by atoms with van der Waals surface area (Å²) in [5.41, 5.74) is 10.1. The molecule has 0 saturated carbocycles. The van der Waals surface area contributed by atoms with E-state index in [2.05, 4.69) is 17.6 Å². The molecule has 0 bridgehead atoms. The molecule has 3 nitrogen and oxygen atoms in total. The second kappa shape index (κ2) is 4.07. The average Bonchev–Trinajstić information content (AvgIpc) is 2.79. The van der Waals surface area contributed by atoms with Crippen molar-refractivity contribution < 1.29 is 4.42 Å². The molecule has 2 N–H and O–H groups in total. The Labute approximate surface area is 110 Å². The number of hydrogen-bond donors (Lipinski definition) is 2. The smallest absolute Gasteiger partial charge is 0.227 e. The van der Waals surface area contributed by atoms with E-state index in [1.807, 2.05) is 43.3 Å². The van der Waals surface area contributed by atoms with E-state index in [-0.39, 0.29) is 0 Å². The number of hydrogen-bond acceptors (Lipinski definition) is 4. The zero-order valence-corrected chi connectivity index (χ0v) is 10.7. The van der Waals surface area contributed by atoms with Gasteiger partial charge < -0.3 is 10.2 Å². The Morgan fingerprint density at radius 1 is 1.22 bits per heavy atom. The van der Waals surface area contributed by atoms with E-state index in [0.29, 0.717) is 11.6 Å². The predicted octanol–water partition coefficient (Wildman–Crippen LogP) is 3.67. The van der Waals surface area contributed by atoms with Gasteiger partial charge in [0.15, 0.2) is 5.58 Å². The van der Waals surface area contributed by atoms with Gasteiger partial charge in [-0.05, 0) is 36.8 Å². The molecule has 3 rings (SSSR count). The molecule has 18 heavy (non-hydrogen) atoms. The van der Waals surface area contributed by atoms with Crippen molar-refractivity contribution in [2.24, 2.45) is 0 Å².